The molecule has 1 aromatic carbocycles. The molecule has 1 saturated heterocycles. The van der Waals surface area contributed by atoms with E-state index in [-0.39, 0.29) is 5.41 Å². The van der Waals surface area contributed by atoms with Gasteiger partial charge in [-0.05, 0) is 74.0 Å². The molecule has 1 aromatic rings. The number of hydrogen-bond acceptors (Lipinski definition) is 5. The van der Waals surface area contributed by atoms with Crippen LogP contribution >= 0.6 is 7.68 Å². The van der Waals surface area contributed by atoms with Gasteiger partial charge in [-0.15, -0.1) is 0 Å². The molecular formula is C19H23O5P. The monoisotopic (exact) mass is 362 g/mol. The predicted octanol–water partition coefficient (Wildman–Crippen LogP) is 3.83. The maximum Gasteiger partial charge on any atom is 0.348 e. The molecule has 25 heavy (non-hydrogen) atoms. The van der Waals surface area contributed by atoms with Crippen LogP contribution in [-0.2, 0) is 29.2 Å². The molecule has 6 heteroatoms. The highest BCUT2D eigenvalue weighted by atomic mass is 31.1. The Hall–Kier alpha value is -1.00. The van der Waals surface area contributed by atoms with Crippen LogP contribution in [0.1, 0.15) is 44.1 Å². The number of rotatable bonds is 4. The lowest BCUT2D eigenvalue weighted by molar-refractivity contribution is -0.592. The first-order valence-corrected chi connectivity index (χ1v) is 10.4. The van der Waals surface area contributed by atoms with E-state index in [0.717, 1.165) is 42.6 Å². The second-order valence-electron chi connectivity index (χ2n) is 8.48. The Balaban J connectivity index is 1.60. The number of benzene rings is 1. The van der Waals surface area contributed by atoms with Gasteiger partial charge in [0.2, 0.25) is 6.29 Å². The molecule has 6 rings (SSSR count). The highest BCUT2D eigenvalue weighted by Crippen LogP contribution is 2.69. The molecule has 4 aliphatic carbocycles. The van der Waals surface area contributed by atoms with Gasteiger partial charge in [0.05, 0.1) is 5.30 Å². The van der Waals surface area contributed by atoms with Gasteiger partial charge in [-0.3, -0.25) is 0 Å². The second-order valence-corrected chi connectivity index (χ2v) is 9.52. The number of ether oxygens (including phenoxy) is 1. The Kier molecular flexibility index (Phi) is 3.56. The normalized spacial score (nSPS) is 44.5. The molecule has 5 fully saturated rings. The van der Waals surface area contributed by atoms with Crippen LogP contribution < -0.4 is 5.30 Å². The Morgan fingerprint density at radius 3 is 1.96 bits per heavy atom. The van der Waals surface area contributed by atoms with E-state index in [1.165, 1.54) is 19.3 Å². The van der Waals surface area contributed by atoms with E-state index in [9.17, 15) is 9.13 Å². The summed E-state index contributed by atoms with van der Waals surface area (Å²) in [6.45, 7) is 0. The maximum absolute atomic E-state index is 11.2. The van der Waals surface area contributed by atoms with Gasteiger partial charge in [0.25, 0.3) is 0 Å². The van der Waals surface area contributed by atoms with Gasteiger partial charge in [0, 0.05) is 12.5 Å². The summed E-state index contributed by atoms with van der Waals surface area (Å²) in [5.41, 5.74) is 0.389. The van der Waals surface area contributed by atoms with Crippen molar-refractivity contribution in [2.24, 2.45) is 23.2 Å². The third-order valence-corrected chi connectivity index (χ3v) is 7.87. The topological polar surface area (TPSA) is 61.8 Å². The fraction of sp³-hybridized carbons (Fsp3) is 0.684. The van der Waals surface area contributed by atoms with Crippen LogP contribution in [0.2, 0.25) is 0 Å². The van der Waals surface area contributed by atoms with Gasteiger partial charge < -0.3 is 4.74 Å². The van der Waals surface area contributed by atoms with E-state index in [0.29, 0.717) is 5.30 Å². The average molecular weight is 362 g/mol. The van der Waals surface area contributed by atoms with Crippen LogP contribution in [0, 0.1) is 23.2 Å². The van der Waals surface area contributed by atoms with E-state index in [1.54, 1.807) is 19.2 Å². The SMILES string of the molecule is COC1OOC1(c1ccc(P(=O)=O)cc1)C12CC3CC(CC(C3)C1)C2. The van der Waals surface area contributed by atoms with Crippen molar-refractivity contribution in [1.82, 2.24) is 0 Å². The fourth-order valence-corrected chi connectivity index (χ4v) is 7.01. The summed E-state index contributed by atoms with van der Waals surface area (Å²) in [5, 5.41) is 0.327. The standard InChI is InChI=1S/C19H23O5P/c1-22-17-19(24-23-17,15-2-4-16(5-3-15)25(20)21)18-9-12-6-13(10-18)8-14(7-12)11-18/h2-5,12-14,17H,6-11H2,1H3. The first kappa shape index (κ1) is 16.2. The number of methoxy groups -OCH3 is 1. The minimum atomic E-state index is -2.58. The Morgan fingerprint density at radius 2 is 1.56 bits per heavy atom. The molecule has 1 aliphatic heterocycles. The van der Waals surface area contributed by atoms with E-state index in [2.05, 4.69) is 0 Å². The van der Waals surface area contributed by atoms with Crippen molar-refractivity contribution in [1.29, 1.82) is 0 Å². The van der Waals surface area contributed by atoms with Crippen molar-refractivity contribution < 1.29 is 23.6 Å². The molecule has 0 spiro atoms. The minimum Gasteiger partial charge on any atom is -0.350 e. The van der Waals surface area contributed by atoms with Crippen molar-refractivity contribution in [3.05, 3.63) is 29.8 Å². The van der Waals surface area contributed by atoms with Crippen molar-refractivity contribution in [2.75, 3.05) is 7.11 Å². The predicted molar refractivity (Wildman–Crippen MR) is 89.6 cm³/mol. The van der Waals surface area contributed by atoms with Crippen LogP contribution in [0.4, 0.5) is 0 Å². The van der Waals surface area contributed by atoms with Crippen molar-refractivity contribution in [3.63, 3.8) is 0 Å². The molecule has 134 valence electrons. The van der Waals surface area contributed by atoms with Gasteiger partial charge in [-0.2, -0.15) is 4.89 Å². The molecule has 4 saturated carbocycles. The van der Waals surface area contributed by atoms with Crippen molar-refractivity contribution >= 4 is 13.0 Å². The van der Waals surface area contributed by atoms with E-state index in [4.69, 9.17) is 14.5 Å². The molecule has 5 nitrogen and oxygen atoms in total. The molecule has 0 N–H and O–H groups in total. The van der Waals surface area contributed by atoms with Gasteiger partial charge in [0.15, 0.2) is 5.60 Å². The van der Waals surface area contributed by atoms with Crippen LogP contribution in [0.3, 0.4) is 0 Å². The largest absolute Gasteiger partial charge is 0.350 e. The molecule has 1 heterocycles. The summed E-state index contributed by atoms with van der Waals surface area (Å²) in [4.78, 5) is 11.3. The van der Waals surface area contributed by atoms with E-state index < -0.39 is 19.6 Å². The van der Waals surface area contributed by atoms with Gasteiger partial charge in [-0.25, -0.2) is 14.0 Å². The molecule has 4 bridgehead atoms. The Labute approximate surface area is 147 Å². The average Bonchev–Trinajstić information content (AvgIpc) is 2.53. The Morgan fingerprint density at radius 1 is 1.00 bits per heavy atom. The summed E-state index contributed by atoms with van der Waals surface area (Å²) in [6, 6.07) is 7.09. The zero-order chi connectivity index (χ0) is 17.2. The van der Waals surface area contributed by atoms with Gasteiger partial charge >= 0.3 is 7.68 Å². The van der Waals surface area contributed by atoms with E-state index in [1.807, 2.05) is 12.1 Å². The summed E-state index contributed by atoms with van der Waals surface area (Å²) >= 11 is 0. The highest BCUT2D eigenvalue weighted by Gasteiger charge is 2.70. The molecule has 0 amide bonds. The molecule has 5 aliphatic rings. The van der Waals surface area contributed by atoms with Crippen LogP contribution in [0.15, 0.2) is 24.3 Å². The van der Waals surface area contributed by atoms with Crippen molar-refractivity contribution in [3.8, 4) is 0 Å². The second kappa shape index (κ2) is 5.50. The third kappa shape index (κ3) is 2.13. The first-order chi connectivity index (χ1) is 12.1. The minimum absolute atomic E-state index is 0.0296. The van der Waals surface area contributed by atoms with E-state index >= 15 is 0 Å². The lowest BCUT2D eigenvalue weighted by atomic mass is 9.44. The summed E-state index contributed by atoms with van der Waals surface area (Å²) in [7, 11) is -0.917. The molecule has 2 unspecified atom stereocenters. The quantitative estimate of drug-likeness (QED) is 0.602. The summed E-state index contributed by atoms with van der Waals surface area (Å²) in [5.74, 6) is 2.33. The highest BCUT2D eigenvalue weighted by molar-refractivity contribution is 7.40. The Bertz CT molecular complexity index is 710. The maximum atomic E-state index is 11.2. The molecule has 0 aromatic heterocycles. The van der Waals surface area contributed by atoms with Crippen LogP contribution in [0.25, 0.3) is 0 Å². The van der Waals surface area contributed by atoms with Crippen molar-refractivity contribution in [2.45, 2.75) is 50.4 Å². The third-order valence-electron chi connectivity index (χ3n) is 7.15. The zero-order valence-electron chi connectivity index (χ0n) is 14.3. The van der Waals surface area contributed by atoms with Gasteiger partial charge in [0.1, 0.15) is 0 Å². The fourth-order valence-electron chi connectivity index (χ4n) is 6.61. The smallest absolute Gasteiger partial charge is 0.348 e. The van der Waals surface area contributed by atoms with Crippen LogP contribution in [-0.4, -0.2) is 13.4 Å². The molecule has 0 radical (unpaired) electrons. The summed E-state index contributed by atoms with van der Waals surface area (Å²) in [6.07, 6.45) is 7.07. The lowest BCUT2D eigenvalue weighted by Crippen LogP contribution is -2.68. The number of hydrogen-bond donors (Lipinski definition) is 0. The van der Waals surface area contributed by atoms with Gasteiger partial charge in [-0.1, -0.05) is 12.1 Å². The molecule has 2 atom stereocenters. The van der Waals surface area contributed by atoms with Crippen LogP contribution in [0.5, 0.6) is 0 Å². The molecular weight excluding hydrogens is 339 g/mol. The lowest BCUT2D eigenvalue weighted by Gasteiger charge is -2.66. The first-order valence-electron chi connectivity index (χ1n) is 9.18. The zero-order valence-corrected chi connectivity index (χ0v) is 15.2. The summed E-state index contributed by atoms with van der Waals surface area (Å²) < 4.78 is 28.1.